The number of aryl methyl sites for hydroxylation is 1. The third-order valence-electron chi connectivity index (χ3n) is 3.80. The van der Waals surface area contributed by atoms with E-state index in [-0.39, 0.29) is 0 Å². The molecule has 1 aromatic rings. The van der Waals surface area contributed by atoms with Gasteiger partial charge in [0.25, 0.3) is 0 Å². The predicted octanol–water partition coefficient (Wildman–Crippen LogP) is 3.47. The molecular formula is C17H29N3S. The van der Waals surface area contributed by atoms with Gasteiger partial charge in [0.05, 0.1) is 5.75 Å². The monoisotopic (exact) mass is 307 g/mol. The lowest BCUT2D eigenvalue weighted by molar-refractivity contribution is 0.402. The molecule has 118 valence electrons. The molecule has 0 saturated carbocycles. The van der Waals surface area contributed by atoms with Gasteiger partial charge in [-0.25, -0.2) is 9.97 Å². The SMILES string of the molecule is CC(C)CSCc1ncc2c(n1)CCC(CNC(C)C)C2. The summed E-state index contributed by atoms with van der Waals surface area (Å²) in [5, 5.41) is 3.55. The molecule has 2 rings (SSSR count). The summed E-state index contributed by atoms with van der Waals surface area (Å²) in [6, 6.07) is 0.572. The summed E-state index contributed by atoms with van der Waals surface area (Å²) in [4.78, 5) is 9.35. The first-order chi connectivity index (χ1) is 10.0. The van der Waals surface area contributed by atoms with Crippen LogP contribution in [0.1, 0.15) is 51.2 Å². The van der Waals surface area contributed by atoms with Gasteiger partial charge in [-0.2, -0.15) is 11.8 Å². The van der Waals surface area contributed by atoms with Crippen LogP contribution in [0.2, 0.25) is 0 Å². The molecule has 0 saturated heterocycles. The Bertz CT molecular complexity index is 446. The van der Waals surface area contributed by atoms with Crippen molar-refractivity contribution in [3.8, 4) is 0 Å². The first-order valence-corrected chi connectivity index (χ1v) is 9.35. The van der Waals surface area contributed by atoms with Gasteiger partial charge in [-0.3, -0.25) is 0 Å². The Hall–Kier alpha value is -0.610. The van der Waals surface area contributed by atoms with Crippen molar-refractivity contribution in [1.29, 1.82) is 0 Å². The highest BCUT2D eigenvalue weighted by atomic mass is 32.2. The normalized spacial score (nSPS) is 18.3. The zero-order chi connectivity index (χ0) is 15.2. The van der Waals surface area contributed by atoms with Gasteiger partial charge >= 0.3 is 0 Å². The Morgan fingerprint density at radius 1 is 1.33 bits per heavy atom. The maximum Gasteiger partial charge on any atom is 0.138 e. The van der Waals surface area contributed by atoms with Crippen LogP contribution in [0.3, 0.4) is 0 Å². The predicted molar refractivity (Wildman–Crippen MR) is 91.7 cm³/mol. The van der Waals surface area contributed by atoms with Crippen molar-refractivity contribution in [2.75, 3.05) is 12.3 Å². The molecular weight excluding hydrogens is 278 g/mol. The fourth-order valence-corrected chi connectivity index (χ4v) is 3.57. The summed E-state index contributed by atoms with van der Waals surface area (Å²) < 4.78 is 0. The average molecular weight is 308 g/mol. The second-order valence-corrected chi connectivity index (χ2v) is 7.87. The molecule has 3 nitrogen and oxygen atoms in total. The van der Waals surface area contributed by atoms with Gasteiger partial charge in [0.15, 0.2) is 0 Å². The van der Waals surface area contributed by atoms with E-state index >= 15 is 0 Å². The molecule has 0 aliphatic heterocycles. The molecule has 0 amide bonds. The second kappa shape index (κ2) is 8.14. The van der Waals surface area contributed by atoms with Crippen LogP contribution in [-0.4, -0.2) is 28.3 Å². The number of nitrogens with zero attached hydrogens (tertiary/aromatic N) is 2. The summed E-state index contributed by atoms with van der Waals surface area (Å²) in [6.45, 7) is 10.0. The molecule has 1 aliphatic rings. The van der Waals surface area contributed by atoms with E-state index in [2.05, 4.69) is 44.2 Å². The van der Waals surface area contributed by atoms with Crippen LogP contribution in [0.5, 0.6) is 0 Å². The molecule has 1 atom stereocenters. The molecule has 0 spiro atoms. The van der Waals surface area contributed by atoms with Crippen LogP contribution < -0.4 is 5.32 Å². The Labute approximate surface area is 133 Å². The molecule has 4 heteroatoms. The third-order valence-corrected chi connectivity index (χ3v) is 5.16. The van der Waals surface area contributed by atoms with E-state index in [0.29, 0.717) is 6.04 Å². The lowest BCUT2D eigenvalue weighted by atomic mass is 9.87. The van der Waals surface area contributed by atoms with Crippen LogP contribution in [-0.2, 0) is 18.6 Å². The number of fused-ring (bicyclic) bond motifs is 1. The van der Waals surface area contributed by atoms with Crippen molar-refractivity contribution in [3.05, 3.63) is 23.3 Å². The van der Waals surface area contributed by atoms with Gasteiger partial charge in [-0.1, -0.05) is 27.7 Å². The van der Waals surface area contributed by atoms with Gasteiger partial charge in [0.1, 0.15) is 5.82 Å². The molecule has 0 aromatic carbocycles. The Morgan fingerprint density at radius 3 is 2.86 bits per heavy atom. The fourth-order valence-electron chi connectivity index (χ4n) is 2.66. The Morgan fingerprint density at radius 2 is 2.14 bits per heavy atom. The maximum atomic E-state index is 4.79. The van der Waals surface area contributed by atoms with Gasteiger partial charge < -0.3 is 5.32 Å². The van der Waals surface area contributed by atoms with Gasteiger partial charge in [0, 0.05) is 17.9 Å². The number of nitrogens with one attached hydrogen (secondary N) is 1. The number of rotatable bonds is 7. The lowest BCUT2D eigenvalue weighted by Crippen LogP contribution is -2.32. The summed E-state index contributed by atoms with van der Waals surface area (Å²) in [6.07, 6.45) is 5.58. The minimum absolute atomic E-state index is 0.572. The lowest BCUT2D eigenvalue weighted by Gasteiger charge is -2.25. The molecule has 1 aromatic heterocycles. The Kier molecular flexibility index (Phi) is 6.49. The van der Waals surface area contributed by atoms with E-state index < -0.39 is 0 Å². The summed E-state index contributed by atoms with van der Waals surface area (Å²) in [5.41, 5.74) is 2.67. The fraction of sp³-hybridized carbons (Fsp3) is 0.765. The molecule has 1 heterocycles. The highest BCUT2D eigenvalue weighted by Gasteiger charge is 2.20. The zero-order valence-electron chi connectivity index (χ0n) is 13.9. The zero-order valence-corrected chi connectivity index (χ0v) is 14.7. The van der Waals surface area contributed by atoms with Gasteiger partial charge in [0.2, 0.25) is 0 Å². The maximum absolute atomic E-state index is 4.79. The molecule has 1 N–H and O–H groups in total. The van der Waals surface area contributed by atoms with E-state index in [9.17, 15) is 0 Å². The third kappa shape index (κ3) is 5.59. The molecule has 0 bridgehead atoms. The van der Waals surface area contributed by atoms with E-state index in [4.69, 9.17) is 4.98 Å². The van der Waals surface area contributed by atoms with Crippen molar-refractivity contribution in [3.63, 3.8) is 0 Å². The number of aromatic nitrogens is 2. The number of hydrogen-bond acceptors (Lipinski definition) is 4. The van der Waals surface area contributed by atoms with Crippen LogP contribution >= 0.6 is 11.8 Å². The van der Waals surface area contributed by atoms with E-state index in [1.54, 1.807) is 0 Å². The minimum Gasteiger partial charge on any atom is -0.314 e. The molecule has 0 fully saturated rings. The van der Waals surface area contributed by atoms with Gasteiger partial charge in [-0.05, 0) is 49.0 Å². The first kappa shape index (κ1) is 16.8. The molecule has 1 aliphatic carbocycles. The van der Waals surface area contributed by atoms with Crippen LogP contribution in [0.25, 0.3) is 0 Å². The van der Waals surface area contributed by atoms with E-state index in [1.807, 2.05) is 11.8 Å². The summed E-state index contributed by atoms with van der Waals surface area (Å²) >= 11 is 1.94. The molecule has 21 heavy (non-hydrogen) atoms. The first-order valence-electron chi connectivity index (χ1n) is 8.19. The van der Waals surface area contributed by atoms with Crippen molar-refractivity contribution >= 4 is 11.8 Å². The summed E-state index contributed by atoms with van der Waals surface area (Å²) in [5.74, 6) is 4.62. The smallest absolute Gasteiger partial charge is 0.138 e. The average Bonchev–Trinajstić information content (AvgIpc) is 2.44. The number of hydrogen-bond donors (Lipinski definition) is 1. The topological polar surface area (TPSA) is 37.8 Å². The minimum atomic E-state index is 0.572. The highest BCUT2D eigenvalue weighted by Crippen LogP contribution is 2.24. The van der Waals surface area contributed by atoms with Crippen LogP contribution in [0.4, 0.5) is 0 Å². The van der Waals surface area contributed by atoms with E-state index in [0.717, 1.165) is 42.8 Å². The molecule has 0 radical (unpaired) electrons. The van der Waals surface area contributed by atoms with Crippen LogP contribution in [0, 0.1) is 11.8 Å². The van der Waals surface area contributed by atoms with Crippen molar-refractivity contribution in [1.82, 2.24) is 15.3 Å². The van der Waals surface area contributed by atoms with Crippen molar-refractivity contribution < 1.29 is 0 Å². The van der Waals surface area contributed by atoms with Crippen LogP contribution in [0.15, 0.2) is 6.20 Å². The standard InChI is InChI=1S/C17H29N3S/c1-12(2)10-21-11-17-19-9-15-7-14(8-18-13(3)4)5-6-16(15)20-17/h9,12-14,18H,5-8,10-11H2,1-4H3. The highest BCUT2D eigenvalue weighted by molar-refractivity contribution is 7.98. The number of thioether (sulfide) groups is 1. The Balaban J connectivity index is 1.88. The van der Waals surface area contributed by atoms with Crippen molar-refractivity contribution in [2.45, 2.75) is 58.8 Å². The largest absolute Gasteiger partial charge is 0.314 e. The molecule has 1 unspecified atom stereocenters. The van der Waals surface area contributed by atoms with Crippen molar-refractivity contribution in [2.24, 2.45) is 11.8 Å². The van der Waals surface area contributed by atoms with Gasteiger partial charge in [-0.15, -0.1) is 0 Å². The quantitative estimate of drug-likeness (QED) is 0.837. The summed E-state index contributed by atoms with van der Waals surface area (Å²) in [7, 11) is 0. The van der Waals surface area contributed by atoms with E-state index in [1.165, 1.54) is 23.4 Å². The second-order valence-electron chi connectivity index (χ2n) is 6.84.